The summed E-state index contributed by atoms with van der Waals surface area (Å²) in [4.78, 5) is 25.3. The monoisotopic (exact) mass is 412 g/mol. The van der Waals surface area contributed by atoms with Crippen LogP contribution in [0.1, 0.15) is 47.3 Å². The number of ether oxygens (including phenoxy) is 1. The third kappa shape index (κ3) is 3.83. The number of halogens is 1. The third-order valence-corrected chi connectivity index (χ3v) is 4.99. The second kappa shape index (κ2) is 8.10. The lowest BCUT2D eigenvalue weighted by Gasteiger charge is -2.14. The lowest BCUT2D eigenvalue weighted by atomic mass is 10.2. The van der Waals surface area contributed by atoms with Crippen LogP contribution in [-0.4, -0.2) is 32.9 Å². The van der Waals surface area contributed by atoms with Crippen molar-refractivity contribution in [2.45, 2.75) is 45.6 Å². The van der Waals surface area contributed by atoms with E-state index in [-0.39, 0.29) is 23.7 Å². The SMILES string of the molecule is CCC(OC(=O)c1nn(-c2ccc(F)cc2)c2c1CCC2)C(=O)Nc1cc(C)on1. The molecule has 2 aromatic heterocycles. The van der Waals surface area contributed by atoms with Crippen LogP contribution in [0.2, 0.25) is 0 Å². The number of carbonyl (C=O) groups is 2. The van der Waals surface area contributed by atoms with Crippen LogP contribution in [0.25, 0.3) is 5.69 Å². The molecule has 1 unspecified atom stereocenters. The average Bonchev–Trinajstić information content (AvgIpc) is 3.43. The Morgan fingerprint density at radius 2 is 2.07 bits per heavy atom. The summed E-state index contributed by atoms with van der Waals surface area (Å²) in [6.45, 7) is 3.45. The Morgan fingerprint density at radius 3 is 2.73 bits per heavy atom. The van der Waals surface area contributed by atoms with Gasteiger partial charge in [-0.25, -0.2) is 13.9 Å². The maximum atomic E-state index is 13.3. The van der Waals surface area contributed by atoms with E-state index in [1.54, 1.807) is 36.7 Å². The van der Waals surface area contributed by atoms with Gasteiger partial charge in [-0.05, 0) is 56.9 Å². The van der Waals surface area contributed by atoms with Crippen molar-refractivity contribution in [1.29, 1.82) is 0 Å². The van der Waals surface area contributed by atoms with E-state index in [0.717, 1.165) is 24.1 Å². The molecule has 4 rings (SSSR count). The van der Waals surface area contributed by atoms with E-state index < -0.39 is 18.0 Å². The summed E-state index contributed by atoms with van der Waals surface area (Å²) in [5.74, 6) is -0.687. The minimum Gasteiger partial charge on any atom is -0.447 e. The fourth-order valence-corrected chi connectivity index (χ4v) is 3.54. The predicted octanol–water partition coefficient (Wildman–Crippen LogP) is 3.37. The van der Waals surface area contributed by atoms with Crippen molar-refractivity contribution < 1.29 is 23.2 Å². The van der Waals surface area contributed by atoms with E-state index in [2.05, 4.69) is 15.6 Å². The molecule has 1 atom stereocenters. The molecule has 1 amide bonds. The zero-order valence-electron chi connectivity index (χ0n) is 16.6. The zero-order chi connectivity index (χ0) is 21.3. The molecule has 1 aliphatic carbocycles. The van der Waals surface area contributed by atoms with Gasteiger partial charge in [0.1, 0.15) is 11.6 Å². The molecule has 0 aliphatic heterocycles. The molecule has 0 saturated carbocycles. The number of nitrogens with one attached hydrogen (secondary N) is 1. The molecule has 30 heavy (non-hydrogen) atoms. The van der Waals surface area contributed by atoms with Crippen LogP contribution in [0.3, 0.4) is 0 Å². The molecule has 1 N–H and O–H groups in total. The first-order valence-electron chi connectivity index (χ1n) is 9.78. The second-order valence-corrected chi connectivity index (χ2v) is 7.13. The Morgan fingerprint density at radius 1 is 1.30 bits per heavy atom. The summed E-state index contributed by atoms with van der Waals surface area (Å²) in [5.41, 5.74) is 2.57. The molecular weight excluding hydrogens is 391 g/mol. The van der Waals surface area contributed by atoms with Gasteiger partial charge in [0.2, 0.25) is 0 Å². The summed E-state index contributed by atoms with van der Waals surface area (Å²) in [5, 5.41) is 10.7. The fraction of sp³-hybridized carbons (Fsp3) is 0.333. The van der Waals surface area contributed by atoms with Crippen molar-refractivity contribution in [1.82, 2.24) is 14.9 Å². The first-order valence-corrected chi connectivity index (χ1v) is 9.78. The van der Waals surface area contributed by atoms with Crippen LogP contribution in [0.4, 0.5) is 10.2 Å². The van der Waals surface area contributed by atoms with Crippen molar-refractivity contribution in [3.05, 3.63) is 58.9 Å². The number of benzene rings is 1. The maximum absolute atomic E-state index is 13.3. The second-order valence-electron chi connectivity index (χ2n) is 7.13. The summed E-state index contributed by atoms with van der Waals surface area (Å²) >= 11 is 0. The molecule has 0 radical (unpaired) electrons. The molecule has 0 fully saturated rings. The highest BCUT2D eigenvalue weighted by Gasteiger charge is 2.30. The molecular formula is C21H21FN4O4. The number of esters is 1. The van der Waals surface area contributed by atoms with Gasteiger partial charge in [-0.15, -0.1) is 0 Å². The van der Waals surface area contributed by atoms with E-state index in [1.165, 1.54) is 12.1 Å². The highest BCUT2D eigenvalue weighted by atomic mass is 19.1. The largest absolute Gasteiger partial charge is 0.447 e. The zero-order valence-corrected chi connectivity index (χ0v) is 16.6. The Kier molecular flexibility index (Phi) is 5.35. The van der Waals surface area contributed by atoms with Gasteiger partial charge in [-0.3, -0.25) is 4.79 Å². The van der Waals surface area contributed by atoms with Gasteiger partial charge in [-0.1, -0.05) is 12.1 Å². The topological polar surface area (TPSA) is 99.2 Å². The Hall–Kier alpha value is -3.49. The van der Waals surface area contributed by atoms with Crippen LogP contribution in [0, 0.1) is 12.7 Å². The number of anilines is 1. The van der Waals surface area contributed by atoms with Crippen molar-refractivity contribution in [2.75, 3.05) is 5.32 Å². The van der Waals surface area contributed by atoms with Crippen LogP contribution in [-0.2, 0) is 22.4 Å². The third-order valence-electron chi connectivity index (χ3n) is 4.99. The number of carbonyl (C=O) groups excluding carboxylic acids is 2. The van der Waals surface area contributed by atoms with Crippen molar-refractivity contribution in [3.63, 3.8) is 0 Å². The lowest BCUT2D eigenvalue weighted by Crippen LogP contribution is -2.32. The predicted molar refractivity (Wildman–Crippen MR) is 105 cm³/mol. The Labute approximate surface area is 172 Å². The molecule has 2 heterocycles. The number of fused-ring (bicyclic) bond motifs is 1. The first kappa shape index (κ1) is 19.8. The summed E-state index contributed by atoms with van der Waals surface area (Å²) in [6, 6.07) is 7.49. The van der Waals surface area contributed by atoms with Gasteiger partial charge in [-0.2, -0.15) is 5.10 Å². The molecule has 0 bridgehead atoms. The lowest BCUT2D eigenvalue weighted by molar-refractivity contribution is -0.124. The highest BCUT2D eigenvalue weighted by Crippen LogP contribution is 2.28. The minimum absolute atomic E-state index is 0.190. The molecule has 3 aromatic rings. The van der Waals surface area contributed by atoms with Crippen LogP contribution < -0.4 is 5.32 Å². The van der Waals surface area contributed by atoms with Crippen molar-refractivity contribution >= 4 is 17.7 Å². The van der Waals surface area contributed by atoms with Gasteiger partial charge in [0.15, 0.2) is 17.6 Å². The maximum Gasteiger partial charge on any atom is 0.359 e. The van der Waals surface area contributed by atoms with E-state index in [9.17, 15) is 14.0 Å². The number of rotatable bonds is 6. The highest BCUT2D eigenvalue weighted by molar-refractivity contribution is 5.97. The minimum atomic E-state index is -0.998. The molecule has 1 aromatic carbocycles. The number of hydrogen-bond donors (Lipinski definition) is 1. The molecule has 8 nitrogen and oxygen atoms in total. The molecule has 0 saturated heterocycles. The molecule has 156 valence electrons. The van der Waals surface area contributed by atoms with E-state index in [0.29, 0.717) is 17.9 Å². The van der Waals surface area contributed by atoms with Crippen molar-refractivity contribution in [2.24, 2.45) is 0 Å². The molecule has 1 aliphatic rings. The van der Waals surface area contributed by atoms with Gasteiger partial charge in [0, 0.05) is 17.3 Å². The van der Waals surface area contributed by atoms with Gasteiger partial charge >= 0.3 is 5.97 Å². The molecule has 9 heteroatoms. The quantitative estimate of drug-likeness (QED) is 0.623. The number of amides is 1. The summed E-state index contributed by atoms with van der Waals surface area (Å²) in [6.07, 6.45) is 1.63. The normalized spacial score (nSPS) is 13.7. The average molecular weight is 412 g/mol. The summed E-state index contributed by atoms with van der Waals surface area (Å²) in [7, 11) is 0. The van der Waals surface area contributed by atoms with E-state index in [4.69, 9.17) is 9.26 Å². The summed E-state index contributed by atoms with van der Waals surface area (Å²) < 4.78 is 25.3. The number of nitrogens with zero attached hydrogens (tertiary/aromatic N) is 3. The fourth-order valence-electron chi connectivity index (χ4n) is 3.54. The Bertz CT molecular complexity index is 1090. The number of aromatic nitrogens is 3. The van der Waals surface area contributed by atoms with Gasteiger partial charge < -0.3 is 14.6 Å². The Balaban J connectivity index is 1.54. The smallest absolute Gasteiger partial charge is 0.359 e. The van der Waals surface area contributed by atoms with Crippen molar-refractivity contribution in [3.8, 4) is 5.69 Å². The van der Waals surface area contributed by atoms with Gasteiger partial charge in [0.25, 0.3) is 5.91 Å². The number of aryl methyl sites for hydroxylation is 1. The standard InChI is InChI=1S/C21H21FN4O4/c1-3-17(20(27)23-18-11-12(2)30-25-18)29-21(28)19-15-5-4-6-16(15)26(24-19)14-9-7-13(22)8-10-14/h7-11,17H,3-6H2,1-2H3,(H,23,25,27). The van der Waals surface area contributed by atoms with Crippen LogP contribution in [0.15, 0.2) is 34.9 Å². The van der Waals surface area contributed by atoms with Crippen LogP contribution in [0.5, 0.6) is 0 Å². The van der Waals surface area contributed by atoms with E-state index >= 15 is 0 Å². The van der Waals surface area contributed by atoms with Crippen LogP contribution >= 0.6 is 0 Å². The van der Waals surface area contributed by atoms with Gasteiger partial charge in [0.05, 0.1) is 5.69 Å². The van der Waals surface area contributed by atoms with E-state index in [1.807, 2.05) is 0 Å². The first-order chi connectivity index (χ1) is 14.5. The number of hydrogen-bond acceptors (Lipinski definition) is 6. The molecule has 0 spiro atoms.